The monoisotopic (exact) mass is 276 g/mol. The number of nitrogens with two attached hydrogens (primary N) is 2. The standard InChI is InChI=1S/C19H20N2/c1-12-9-14-5-3-4-6-17(14)18(13(12)2)10-15-7-8-16(20)11-19(15)21/h3-9,11H,10,20-21H2,1-2H3. The van der Waals surface area contributed by atoms with E-state index in [9.17, 15) is 0 Å². The van der Waals surface area contributed by atoms with Gasteiger partial charge in [-0.25, -0.2) is 0 Å². The third kappa shape index (κ3) is 2.45. The van der Waals surface area contributed by atoms with Crippen molar-refractivity contribution in [3.63, 3.8) is 0 Å². The Morgan fingerprint density at radius 2 is 1.67 bits per heavy atom. The van der Waals surface area contributed by atoms with Gasteiger partial charge in [-0.1, -0.05) is 36.4 Å². The summed E-state index contributed by atoms with van der Waals surface area (Å²) in [5, 5.41) is 2.58. The van der Waals surface area contributed by atoms with E-state index >= 15 is 0 Å². The summed E-state index contributed by atoms with van der Waals surface area (Å²) in [5.74, 6) is 0. The van der Waals surface area contributed by atoms with Crippen molar-refractivity contribution >= 4 is 22.1 Å². The molecule has 0 aromatic heterocycles. The Hall–Kier alpha value is -2.48. The van der Waals surface area contributed by atoms with Crippen LogP contribution in [0.1, 0.15) is 22.3 Å². The Bertz CT molecular complexity index is 819. The molecular formula is C19H20N2. The van der Waals surface area contributed by atoms with Gasteiger partial charge in [-0.05, 0) is 59.0 Å². The summed E-state index contributed by atoms with van der Waals surface area (Å²) in [5.41, 5.74) is 18.5. The average Bonchev–Trinajstić information content (AvgIpc) is 2.46. The first-order valence-electron chi connectivity index (χ1n) is 7.18. The van der Waals surface area contributed by atoms with Crippen molar-refractivity contribution in [3.8, 4) is 0 Å². The van der Waals surface area contributed by atoms with E-state index in [0.29, 0.717) is 5.69 Å². The summed E-state index contributed by atoms with van der Waals surface area (Å²) in [6.07, 6.45) is 0.833. The first-order valence-corrected chi connectivity index (χ1v) is 7.18. The van der Waals surface area contributed by atoms with Gasteiger partial charge in [-0.2, -0.15) is 0 Å². The molecule has 106 valence electrons. The van der Waals surface area contributed by atoms with Crippen LogP contribution >= 0.6 is 0 Å². The fraction of sp³-hybridized carbons (Fsp3) is 0.158. The molecule has 4 N–H and O–H groups in total. The minimum absolute atomic E-state index is 0.710. The second-order valence-electron chi connectivity index (χ2n) is 5.65. The summed E-state index contributed by atoms with van der Waals surface area (Å²) in [6.45, 7) is 4.35. The van der Waals surface area contributed by atoms with Crippen LogP contribution in [0.2, 0.25) is 0 Å². The van der Waals surface area contributed by atoms with Crippen molar-refractivity contribution in [3.05, 3.63) is 70.8 Å². The molecule has 21 heavy (non-hydrogen) atoms. The lowest BCUT2D eigenvalue weighted by Gasteiger charge is -2.15. The Labute approximate surface area is 125 Å². The Morgan fingerprint density at radius 3 is 2.43 bits per heavy atom. The van der Waals surface area contributed by atoms with E-state index in [-0.39, 0.29) is 0 Å². The smallest absolute Gasteiger partial charge is 0.0370 e. The van der Waals surface area contributed by atoms with Crippen LogP contribution in [-0.4, -0.2) is 0 Å². The van der Waals surface area contributed by atoms with Crippen LogP contribution in [-0.2, 0) is 6.42 Å². The summed E-state index contributed by atoms with van der Waals surface area (Å²) < 4.78 is 0. The van der Waals surface area contributed by atoms with Crippen LogP contribution in [0.3, 0.4) is 0 Å². The highest BCUT2D eigenvalue weighted by Crippen LogP contribution is 2.29. The first kappa shape index (κ1) is 13.5. The average molecular weight is 276 g/mol. The zero-order valence-electron chi connectivity index (χ0n) is 12.5. The van der Waals surface area contributed by atoms with E-state index in [1.165, 1.54) is 27.5 Å². The maximum atomic E-state index is 6.12. The molecule has 3 rings (SSSR count). The number of anilines is 2. The second kappa shape index (κ2) is 5.13. The molecule has 3 aromatic carbocycles. The van der Waals surface area contributed by atoms with Gasteiger partial charge in [-0.3, -0.25) is 0 Å². The van der Waals surface area contributed by atoms with Gasteiger partial charge in [0.1, 0.15) is 0 Å². The minimum Gasteiger partial charge on any atom is -0.399 e. The Morgan fingerprint density at radius 1 is 0.905 bits per heavy atom. The van der Waals surface area contributed by atoms with Gasteiger partial charge in [-0.15, -0.1) is 0 Å². The predicted molar refractivity (Wildman–Crippen MR) is 91.5 cm³/mol. The lowest BCUT2D eigenvalue weighted by Crippen LogP contribution is -2.01. The van der Waals surface area contributed by atoms with E-state index in [4.69, 9.17) is 11.5 Å². The topological polar surface area (TPSA) is 52.0 Å². The molecule has 0 fully saturated rings. The maximum Gasteiger partial charge on any atom is 0.0370 e. The van der Waals surface area contributed by atoms with Gasteiger partial charge in [0.05, 0.1) is 0 Å². The lowest BCUT2D eigenvalue weighted by molar-refractivity contribution is 1.16. The molecule has 0 saturated heterocycles. The van der Waals surface area contributed by atoms with Crippen molar-refractivity contribution in [2.45, 2.75) is 20.3 Å². The molecule has 0 amide bonds. The highest BCUT2D eigenvalue weighted by Gasteiger charge is 2.10. The molecule has 0 heterocycles. The molecule has 0 bridgehead atoms. The zero-order chi connectivity index (χ0) is 15.0. The Balaban J connectivity index is 2.17. The van der Waals surface area contributed by atoms with E-state index < -0.39 is 0 Å². The summed E-state index contributed by atoms with van der Waals surface area (Å²) in [4.78, 5) is 0. The number of hydrogen-bond acceptors (Lipinski definition) is 2. The van der Waals surface area contributed by atoms with Crippen molar-refractivity contribution in [1.82, 2.24) is 0 Å². The van der Waals surface area contributed by atoms with E-state index in [1.807, 2.05) is 18.2 Å². The molecular weight excluding hydrogens is 256 g/mol. The van der Waals surface area contributed by atoms with Gasteiger partial charge in [0.2, 0.25) is 0 Å². The molecule has 2 heteroatoms. The van der Waals surface area contributed by atoms with Gasteiger partial charge in [0, 0.05) is 17.8 Å². The fourth-order valence-electron chi connectivity index (χ4n) is 2.87. The third-order valence-electron chi connectivity index (χ3n) is 4.24. The number of hydrogen-bond donors (Lipinski definition) is 2. The van der Waals surface area contributed by atoms with Crippen LogP contribution in [0.5, 0.6) is 0 Å². The van der Waals surface area contributed by atoms with Crippen LogP contribution in [0.15, 0.2) is 48.5 Å². The van der Waals surface area contributed by atoms with Crippen LogP contribution in [0, 0.1) is 13.8 Å². The van der Waals surface area contributed by atoms with Gasteiger partial charge in [0.15, 0.2) is 0 Å². The van der Waals surface area contributed by atoms with Crippen LogP contribution in [0.25, 0.3) is 10.8 Å². The normalized spacial score (nSPS) is 11.0. The van der Waals surface area contributed by atoms with Crippen LogP contribution < -0.4 is 11.5 Å². The number of benzene rings is 3. The molecule has 0 aliphatic heterocycles. The third-order valence-corrected chi connectivity index (χ3v) is 4.24. The maximum absolute atomic E-state index is 6.12. The summed E-state index contributed by atoms with van der Waals surface area (Å²) >= 11 is 0. The SMILES string of the molecule is Cc1cc2ccccc2c(Cc2ccc(N)cc2N)c1C. The number of nitrogen functional groups attached to an aromatic ring is 2. The van der Waals surface area contributed by atoms with Crippen LogP contribution in [0.4, 0.5) is 11.4 Å². The van der Waals surface area contributed by atoms with Crippen molar-refractivity contribution in [1.29, 1.82) is 0 Å². The highest BCUT2D eigenvalue weighted by atomic mass is 14.6. The molecule has 0 atom stereocenters. The largest absolute Gasteiger partial charge is 0.399 e. The molecule has 0 aliphatic carbocycles. The van der Waals surface area contributed by atoms with Gasteiger partial charge in [0.25, 0.3) is 0 Å². The summed E-state index contributed by atoms with van der Waals surface area (Å²) in [6, 6.07) is 16.6. The molecule has 0 spiro atoms. The molecule has 0 radical (unpaired) electrons. The fourth-order valence-corrected chi connectivity index (χ4v) is 2.87. The molecule has 0 aliphatic rings. The molecule has 0 saturated carbocycles. The zero-order valence-corrected chi connectivity index (χ0v) is 12.5. The van der Waals surface area contributed by atoms with Gasteiger partial charge >= 0.3 is 0 Å². The van der Waals surface area contributed by atoms with Gasteiger partial charge < -0.3 is 11.5 Å². The second-order valence-corrected chi connectivity index (χ2v) is 5.65. The van der Waals surface area contributed by atoms with Crippen molar-refractivity contribution in [2.24, 2.45) is 0 Å². The van der Waals surface area contributed by atoms with E-state index in [2.05, 4.69) is 44.2 Å². The number of fused-ring (bicyclic) bond motifs is 1. The Kier molecular flexibility index (Phi) is 3.30. The van der Waals surface area contributed by atoms with E-state index in [0.717, 1.165) is 17.7 Å². The van der Waals surface area contributed by atoms with Crippen molar-refractivity contribution < 1.29 is 0 Å². The van der Waals surface area contributed by atoms with Crippen molar-refractivity contribution in [2.75, 3.05) is 11.5 Å². The minimum atomic E-state index is 0.710. The van der Waals surface area contributed by atoms with E-state index in [1.54, 1.807) is 0 Å². The molecule has 0 unspecified atom stereocenters. The molecule has 3 aromatic rings. The highest BCUT2D eigenvalue weighted by molar-refractivity contribution is 5.88. The number of aryl methyl sites for hydroxylation is 1. The first-order chi connectivity index (χ1) is 10.1. The summed E-state index contributed by atoms with van der Waals surface area (Å²) in [7, 11) is 0. The molecule has 2 nitrogen and oxygen atoms in total. The quantitative estimate of drug-likeness (QED) is 0.689. The predicted octanol–water partition coefficient (Wildman–Crippen LogP) is 4.21. The number of rotatable bonds is 2. The lowest BCUT2D eigenvalue weighted by atomic mass is 9.91.